The summed E-state index contributed by atoms with van der Waals surface area (Å²) in [6.45, 7) is 4.28. The molecule has 206 valence electrons. The second-order valence-corrected chi connectivity index (χ2v) is 11.7. The van der Waals surface area contributed by atoms with E-state index in [1.54, 1.807) is 24.3 Å². The van der Waals surface area contributed by atoms with Crippen LogP contribution in [0.5, 0.6) is 5.75 Å². The fourth-order valence-corrected chi connectivity index (χ4v) is 5.10. The molecule has 0 unspecified atom stereocenters. The van der Waals surface area contributed by atoms with Crippen molar-refractivity contribution in [3.05, 3.63) is 94.8 Å². The maximum atomic E-state index is 13.3. The van der Waals surface area contributed by atoms with Crippen LogP contribution in [-0.4, -0.2) is 37.8 Å². The zero-order chi connectivity index (χ0) is 28.1. The smallest absolute Gasteiger partial charge is 0.416 e. The molecule has 3 rings (SSSR count). The van der Waals surface area contributed by atoms with Gasteiger partial charge in [0.15, 0.2) is 9.84 Å². The van der Waals surface area contributed by atoms with Crippen molar-refractivity contribution in [2.75, 3.05) is 19.4 Å². The van der Waals surface area contributed by atoms with Gasteiger partial charge in [-0.15, -0.1) is 0 Å². The molecule has 0 aliphatic carbocycles. The van der Waals surface area contributed by atoms with E-state index in [0.29, 0.717) is 30.8 Å². The highest BCUT2D eigenvalue weighted by Crippen LogP contribution is 2.31. The predicted molar refractivity (Wildman–Crippen MR) is 137 cm³/mol. The molecule has 10 heteroatoms. The summed E-state index contributed by atoms with van der Waals surface area (Å²) in [7, 11) is -3.62. The Balaban J connectivity index is 1.71. The van der Waals surface area contributed by atoms with Gasteiger partial charge in [0.25, 0.3) is 0 Å². The predicted octanol–water partition coefficient (Wildman–Crippen LogP) is 5.95. The van der Waals surface area contributed by atoms with E-state index in [2.05, 4.69) is 0 Å². The van der Waals surface area contributed by atoms with Gasteiger partial charge in [0.2, 0.25) is 0 Å². The highest BCUT2D eigenvalue weighted by atomic mass is 32.2. The Labute approximate surface area is 220 Å². The van der Waals surface area contributed by atoms with Gasteiger partial charge >= 0.3 is 6.18 Å². The minimum absolute atomic E-state index is 0.0232. The quantitative estimate of drug-likeness (QED) is 0.235. The summed E-state index contributed by atoms with van der Waals surface area (Å²) in [5.41, 5.74) is -0.529. The van der Waals surface area contributed by atoms with Crippen molar-refractivity contribution in [2.24, 2.45) is 0 Å². The van der Waals surface area contributed by atoms with Gasteiger partial charge in [-0.25, -0.2) is 12.8 Å². The molecule has 0 fully saturated rings. The van der Waals surface area contributed by atoms with Crippen LogP contribution in [0.15, 0.2) is 71.6 Å². The Hall–Kier alpha value is -2.95. The molecule has 0 radical (unpaired) electrons. The lowest BCUT2D eigenvalue weighted by Gasteiger charge is -2.24. The molecule has 0 amide bonds. The Kier molecular flexibility index (Phi) is 9.22. The van der Waals surface area contributed by atoms with Crippen LogP contribution in [0.2, 0.25) is 0 Å². The van der Waals surface area contributed by atoms with E-state index in [9.17, 15) is 31.1 Å². The molecule has 0 saturated carbocycles. The standard InChI is InChI=1S/C28H31F4NO4S/c1-27(2,34)25-13-12-24(17-26(25)38(3,35)36)37-15-5-14-33(18-20-8-10-23(29)11-9-20)19-21-6-4-7-22(16-21)28(30,31)32/h4,6-13,16-17,34H,5,14-15,18-19H2,1-3H3. The van der Waals surface area contributed by atoms with Gasteiger partial charge in [-0.3, -0.25) is 4.90 Å². The van der Waals surface area contributed by atoms with E-state index < -0.39 is 27.2 Å². The summed E-state index contributed by atoms with van der Waals surface area (Å²) in [5.74, 6) is -0.0583. The first-order valence-electron chi connectivity index (χ1n) is 12.0. The molecule has 3 aromatic rings. The molecule has 5 nitrogen and oxygen atoms in total. The van der Waals surface area contributed by atoms with Gasteiger partial charge in [0, 0.05) is 31.5 Å². The number of hydrogen-bond donors (Lipinski definition) is 1. The number of nitrogens with zero attached hydrogens (tertiary/aromatic N) is 1. The summed E-state index contributed by atoms with van der Waals surface area (Å²) in [5, 5.41) is 10.3. The number of rotatable bonds is 11. The number of alkyl halides is 3. The fraction of sp³-hybridized carbons (Fsp3) is 0.357. The van der Waals surface area contributed by atoms with Crippen LogP contribution >= 0.6 is 0 Å². The topological polar surface area (TPSA) is 66.8 Å². The van der Waals surface area contributed by atoms with E-state index in [-0.39, 0.29) is 29.4 Å². The lowest BCUT2D eigenvalue weighted by molar-refractivity contribution is -0.137. The van der Waals surface area contributed by atoms with Crippen molar-refractivity contribution < 1.29 is 35.8 Å². The third-order valence-corrected chi connectivity index (χ3v) is 7.02. The number of benzene rings is 3. The van der Waals surface area contributed by atoms with Crippen molar-refractivity contribution in [1.29, 1.82) is 0 Å². The first kappa shape index (κ1) is 29.6. The van der Waals surface area contributed by atoms with Crippen molar-refractivity contribution >= 4 is 9.84 Å². The average Bonchev–Trinajstić information content (AvgIpc) is 2.81. The molecule has 0 bridgehead atoms. The Bertz CT molecular complexity index is 1330. The zero-order valence-corrected chi connectivity index (χ0v) is 22.2. The van der Waals surface area contributed by atoms with E-state index in [0.717, 1.165) is 24.0 Å². The largest absolute Gasteiger partial charge is 0.494 e. The highest BCUT2D eigenvalue weighted by molar-refractivity contribution is 7.90. The molecule has 0 aliphatic heterocycles. The van der Waals surface area contributed by atoms with Gasteiger partial charge in [-0.05, 0) is 61.7 Å². The monoisotopic (exact) mass is 553 g/mol. The molecule has 0 atom stereocenters. The molecule has 0 spiro atoms. The molecule has 0 aliphatic rings. The number of sulfone groups is 1. The van der Waals surface area contributed by atoms with Gasteiger partial charge in [0.1, 0.15) is 11.6 Å². The van der Waals surface area contributed by atoms with Crippen molar-refractivity contribution in [2.45, 2.75) is 50.0 Å². The van der Waals surface area contributed by atoms with Crippen molar-refractivity contribution in [3.8, 4) is 5.75 Å². The van der Waals surface area contributed by atoms with Crippen LogP contribution < -0.4 is 4.74 Å². The normalized spacial score (nSPS) is 12.7. The Morgan fingerprint density at radius 3 is 2.18 bits per heavy atom. The Morgan fingerprint density at radius 1 is 0.921 bits per heavy atom. The van der Waals surface area contributed by atoms with Gasteiger partial charge in [-0.2, -0.15) is 13.2 Å². The van der Waals surface area contributed by atoms with Crippen LogP contribution in [-0.2, 0) is 34.7 Å². The summed E-state index contributed by atoms with van der Waals surface area (Å²) >= 11 is 0. The molecule has 38 heavy (non-hydrogen) atoms. The fourth-order valence-electron chi connectivity index (χ4n) is 4.05. The SMILES string of the molecule is CC(C)(O)c1ccc(OCCCN(Cc2ccc(F)cc2)Cc2cccc(C(F)(F)F)c2)cc1S(C)(=O)=O. The van der Waals surface area contributed by atoms with Crippen LogP contribution in [0.25, 0.3) is 0 Å². The number of hydrogen-bond acceptors (Lipinski definition) is 5. The van der Waals surface area contributed by atoms with E-state index >= 15 is 0 Å². The van der Waals surface area contributed by atoms with Gasteiger partial charge in [-0.1, -0.05) is 36.4 Å². The van der Waals surface area contributed by atoms with E-state index in [4.69, 9.17) is 4.74 Å². The van der Waals surface area contributed by atoms with Gasteiger partial charge < -0.3 is 9.84 Å². The second kappa shape index (κ2) is 11.8. The van der Waals surface area contributed by atoms with Crippen LogP contribution in [0, 0.1) is 5.82 Å². The molecular weight excluding hydrogens is 522 g/mol. The number of aliphatic hydroxyl groups is 1. The lowest BCUT2D eigenvalue weighted by Crippen LogP contribution is -2.25. The first-order valence-corrected chi connectivity index (χ1v) is 13.8. The Morgan fingerprint density at radius 2 is 1.58 bits per heavy atom. The third kappa shape index (κ3) is 8.54. The van der Waals surface area contributed by atoms with E-state index in [1.165, 1.54) is 44.2 Å². The lowest BCUT2D eigenvalue weighted by atomic mass is 9.98. The third-order valence-electron chi connectivity index (χ3n) is 5.88. The summed E-state index contributed by atoms with van der Waals surface area (Å²) in [6, 6.07) is 15.5. The van der Waals surface area contributed by atoms with Crippen molar-refractivity contribution in [1.82, 2.24) is 4.90 Å². The summed E-state index contributed by atoms with van der Waals surface area (Å²) in [4.78, 5) is 1.91. The minimum Gasteiger partial charge on any atom is -0.494 e. The summed E-state index contributed by atoms with van der Waals surface area (Å²) in [6.07, 6.45) is -2.90. The van der Waals surface area contributed by atoms with Crippen LogP contribution in [0.4, 0.5) is 17.6 Å². The van der Waals surface area contributed by atoms with E-state index in [1.807, 2.05) is 4.90 Å². The molecule has 1 N–H and O–H groups in total. The number of halogens is 4. The maximum absolute atomic E-state index is 13.3. The minimum atomic E-state index is -4.45. The first-order chi connectivity index (χ1) is 17.6. The molecule has 0 heterocycles. The zero-order valence-electron chi connectivity index (χ0n) is 21.4. The molecule has 3 aromatic carbocycles. The molecule has 0 saturated heterocycles. The molecular formula is C28H31F4NO4S. The second-order valence-electron chi connectivity index (χ2n) is 9.73. The number of ether oxygens (including phenoxy) is 1. The molecule has 0 aromatic heterocycles. The van der Waals surface area contributed by atoms with Crippen molar-refractivity contribution in [3.63, 3.8) is 0 Å². The summed E-state index contributed by atoms with van der Waals surface area (Å²) < 4.78 is 83.2. The van der Waals surface area contributed by atoms with Crippen LogP contribution in [0.3, 0.4) is 0 Å². The average molecular weight is 554 g/mol. The maximum Gasteiger partial charge on any atom is 0.416 e. The van der Waals surface area contributed by atoms with Crippen LogP contribution in [0.1, 0.15) is 42.5 Å². The highest BCUT2D eigenvalue weighted by Gasteiger charge is 2.30. The van der Waals surface area contributed by atoms with Gasteiger partial charge in [0.05, 0.1) is 22.7 Å².